The van der Waals surface area contributed by atoms with Crippen molar-refractivity contribution >= 4 is 35.0 Å². The average molecular weight is 412 g/mol. The van der Waals surface area contributed by atoms with Crippen molar-refractivity contribution in [3.63, 3.8) is 0 Å². The van der Waals surface area contributed by atoms with Crippen molar-refractivity contribution in [3.05, 3.63) is 53.6 Å². The van der Waals surface area contributed by atoms with Gasteiger partial charge >= 0.3 is 6.08 Å². The van der Waals surface area contributed by atoms with Gasteiger partial charge in [0.2, 0.25) is 5.82 Å². The van der Waals surface area contributed by atoms with Gasteiger partial charge in [0.15, 0.2) is 6.61 Å². The highest BCUT2D eigenvalue weighted by Gasteiger charge is 2.15. The van der Waals surface area contributed by atoms with Crippen molar-refractivity contribution in [3.8, 4) is 17.5 Å². The number of nitrogens with one attached hydrogen (secondary N) is 1. The Morgan fingerprint density at radius 1 is 1.22 bits per heavy atom. The van der Waals surface area contributed by atoms with Crippen molar-refractivity contribution in [1.29, 1.82) is 0 Å². The van der Waals surface area contributed by atoms with Crippen LogP contribution in [0.25, 0.3) is 11.4 Å². The second-order valence-corrected chi connectivity index (χ2v) is 6.51. The maximum Gasteiger partial charge on any atom is 0.418 e. The fourth-order valence-corrected chi connectivity index (χ4v) is 2.92. The van der Waals surface area contributed by atoms with Gasteiger partial charge in [-0.05, 0) is 24.3 Å². The molecule has 10 heteroatoms. The lowest BCUT2D eigenvalue weighted by Gasteiger charge is -2.09. The molecule has 0 aliphatic rings. The van der Waals surface area contributed by atoms with Crippen LogP contribution in [0.3, 0.4) is 0 Å². The molecule has 2 aromatic carbocycles. The molecular weight excluding hydrogens is 400 g/mol. The molecule has 1 amide bonds. The van der Waals surface area contributed by atoms with E-state index in [1.807, 2.05) is 0 Å². The standard InChI is InChI=1S/C17H12ClF2N3O3S/c18-11-6-2-1-5-10(11)15-22-17(26-23-15)25-9-14(24)21-12-7-3-4-8-13(12)27-16(19)20/h1-8,16H,9H2,(H,21,24). The van der Waals surface area contributed by atoms with E-state index in [0.29, 0.717) is 22.3 Å². The number of carbonyl (C=O) groups excluding carboxylic acids is 1. The Hall–Kier alpha value is -2.65. The summed E-state index contributed by atoms with van der Waals surface area (Å²) in [7, 11) is 0. The van der Waals surface area contributed by atoms with Crippen molar-refractivity contribution < 1.29 is 22.8 Å². The van der Waals surface area contributed by atoms with Crippen LogP contribution in [-0.4, -0.2) is 28.4 Å². The Balaban J connectivity index is 1.60. The quantitative estimate of drug-likeness (QED) is 0.567. The Morgan fingerprint density at radius 2 is 1.96 bits per heavy atom. The van der Waals surface area contributed by atoms with E-state index in [4.69, 9.17) is 20.9 Å². The fourth-order valence-electron chi connectivity index (χ4n) is 2.10. The molecule has 0 fully saturated rings. The lowest BCUT2D eigenvalue weighted by atomic mass is 10.2. The number of alkyl halides is 2. The smallest absolute Gasteiger partial charge is 0.418 e. The van der Waals surface area contributed by atoms with Crippen molar-refractivity contribution in [2.75, 3.05) is 11.9 Å². The summed E-state index contributed by atoms with van der Waals surface area (Å²) < 4.78 is 35.2. The summed E-state index contributed by atoms with van der Waals surface area (Å²) in [6.45, 7) is -0.433. The van der Waals surface area contributed by atoms with Gasteiger partial charge in [-0.25, -0.2) is 0 Å². The van der Waals surface area contributed by atoms with Crippen LogP contribution in [0.2, 0.25) is 5.02 Å². The molecule has 27 heavy (non-hydrogen) atoms. The van der Waals surface area contributed by atoms with Gasteiger partial charge in [0.25, 0.3) is 11.7 Å². The number of aromatic nitrogens is 2. The molecule has 0 saturated carbocycles. The average Bonchev–Trinajstić information content (AvgIpc) is 3.10. The van der Waals surface area contributed by atoms with Crippen LogP contribution in [-0.2, 0) is 4.79 Å². The molecule has 0 aliphatic heterocycles. The number of ether oxygens (including phenoxy) is 1. The number of halogens is 3. The zero-order valence-electron chi connectivity index (χ0n) is 13.6. The number of rotatable bonds is 7. The maximum absolute atomic E-state index is 12.6. The minimum absolute atomic E-state index is 0.213. The number of anilines is 1. The van der Waals surface area contributed by atoms with Crippen molar-refractivity contribution in [2.24, 2.45) is 0 Å². The van der Waals surface area contributed by atoms with Crippen LogP contribution in [0.15, 0.2) is 57.9 Å². The molecule has 0 radical (unpaired) electrons. The van der Waals surface area contributed by atoms with Gasteiger partial charge in [-0.1, -0.05) is 52.8 Å². The third-order valence-corrected chi connectivity index (χ3v) is 4.34. The van der Waals surface area contributed by atoms with Crippen LogP contribution >= 0.6 is 23.4 Å². The lowest BCUT2D eigenvalue weighted by molar-refractivity contribution is -0.118. The van der Waals surface area contributed by atoms with E-state index < -0.39 is 18.3 Å². The molecule has 0 aliphatic carbocycles. The van der Waals surface area contributed by atoms with Gasteiger partial charge in [0, 0.05) is 10.5 Å². The zero-order chi connectivity index (χ0) is 19.2. The van der Waals surface area contributed by atoms with Gasteiger partial charge < -0.3 is 10.1 Å². The van der Waals surface area contributed by atoms with E-state index in [1.165, 1.54) is 12.1 Å². The topological polar surface area (TPSA) is 77.2 Å². The van der Waals surface area contributed by atoms with E-state index >= 15 is 0 Å². The third-order valence-electron chi connectivity index (χ3n) is 3.23. The third kappa shape index (κ3) is 5.18. The molecule has 0 saturated heterocycles. The molecule has 1 heterocycles. The first-order chi connectivity index (χ1) is 13.0. The summed E-state index contributed by atoms with van der Waals surface area (Å²) in [5.74, 6) is -2.94. The normalized spacial score (nSPS) is 10.8. The minimum atomic E-state index is -2.60. The van der Waals surface area contributed by atoms with Crippen LogP contribution in [0.4, 0.5) is 14.5 Å². The Bertz CT molecular complexity index is 939. The van der Waals surface area contributed by atoms with Crippen LogP contribution in [0.1, 0.15) is 0 Å². The monoisotopic (exact) mass is 411 g/mol. The van der Waals surface area contributed by atoms with Crippen LogP contribution < -0.4 is 10.1 Å². The highest BCUT2D eigenvalue weighted by Crippen LogP contribution is 2.31. The number of thioether (sulfide) groups is 1. The number of hydrogen-bond donors (Lipinski definition) is 1. The minimum Gasteiger partial charge on any atom is -0.439 e. The second-order valence-electron chi connectivity index (χ2n) is 5.08. The van der Waals surface area contributed by atoms with Gasteiger partial charge in [-0.3, -0.25) is 9.32 Å². The summed E-state index contributed by atoms with van der Waals surface area (Å²) in [5, 5.41) is 6.69. The first-order valence-corrected chi connectivity index (χ1v) is 8.84. The second kappa shape index (κ2) is 8.83. The Kier molecular flexibility index (Phi) is 6.25. The first-order valence-electron chi connectivity index (χ1n) is 7.58. The van der Waals surface area contributed by atoms with Gasteiger partial charge in [0.05, 0.1) is 10.7 Å². The SMILES string of the molecule is O=C(COc1nc(-c2ccccc2Cl)no1)Nc1ccccc1SC(F)F. The number of nitrogens with zero attached hydrogens (tertiary/aromatic N) is 2. The predicted octanol–water partition coefficient (Wildman–Crippen LogP) is 4.72. The molecule has 3 aromatic rings. The molecule has 0 unspecified atom stereocenters. The molecule has 1 N–H and O–H groups in total. The van der Waals surface area contributed by atoms with Gasteiger partial charge in [-0.2, -0.15) is 13.8 Å². The predicted molar refractivity (Wildman–Crippen MR) is 97.2 cm³/mol. The van der Waals surface area contributed by atoms with E-state index in [1.54, 1.807) is 36.4 Å². The van der Waals surface area contributed by atoms with Gasteiger partial charge in [-0.15, -0.1) is 0 Å². The van der Waals surface area contributed by atoms with Crippen molar-refractivity contribution in [1.82, 2.24) is 10.1 Å². The van der Waals surface area contributed by atoms with Crippen LogP contribution in [0, 0.1) is 0 Å². The molecule has 6 nitrogen and oxygen atoms in total. The Morgan fingerprint density at radius 3 is 2.74 bits per heavy atom. The highest BCUT2D eigenvalue weighted by atomic mass is 35.5. The lowest BCUT2D eigenvalue weighted by Crippen LogP contribution is -2.20. The van der Waals surface area contributed by atoms with Crippen LogP contribution in [0.5, 0.6) is 6.08 Å². The maximum atomic E-state index is 12.6. The molecule has 0 atom stereocenters. The summed E-state index contributed by atoms with van der Waals surface area (Å²) >= 11 is 6.40. The van der Waals surface area contributed by atoms with Crippen molar-refractivity contribution in [2.45, 2.75) is 10.7 Å². The molecular formula is C17H12ClF2N3O3S. The Labute approximate surface area is 161 Å². The molecule has 0 bridgehead atoms. The van der Waals surface area contributed by atoms with E-state index in [9.17, 15) is 13.6 Å². The highest BCUT2D eigenvalue weighted by molar-refractivity contribution is 7.99. The van der Waals surface area contributed by atoms with E-state index in [2.05, 4.69) is 15.5 Å². The number of para-hydroxylation sites is 1. The zero-order valence-corrected chi connectivity index (χ0v) is 15.1. The number of benzene rings is 2. The number of amides is 1. The molecule has 140 valence electrons. The largest absolute Gasteiger partial charge is 0.439 e. The first kappa shape index (κ1) is 19.1. The van der Waals surface area contributed by atoms with Gasteiger partial charge in [0.1, 0.15) is 0 Å². The molecule has 0 spiro atoms. The number of hydrogen-bond acceptors (Lipinski definition) is 6. The summed E-state index contributed by atoms with van der Waals surface area (Å²) in [6, 6.07) is 13.1. The number of carbonyl (C=O) groups is 1. The summed E-state index contributed by atoms with van der Waals surface area (Å²) in [6.07, 6.45) is -0.213. The summed E-state index contributed by atoms with van der Waals surface area (Å²) in [4.78, 5) is 16.3. The van der Waals surface area contributed by atoms with E-state index in [0.717, 1.165) is 0 Å². The van der Waals surface area contributed by atoms with E-state index in [-0.39, 0.29) is 22.5 Å². The molecule has 1 aromatic heterocycles. The summed E-state index contributed by atoms with van der Waals surface area (Å²) in [5.41, 5.74) is 0.818. The molecule has 3 rings (SSSR count). The fraction of sp³-hybridized carbons (Fsp3) is 0.118.